The van der Waals surface area contributed by atoms with Crippen molar-refractivity contribution in [2.24, 2.45) is 11.8 Å². The molecule has 0 amide bonds. The van der Waals surface area contributed by atoms with Crippen LogP contribution in [0.1, 0.15) is 12.8 Å². The minimum absolute atomic E-state index is 0.226. The average Bonchev–Trinajstić information content (AvgIpc) is 2.60. The van der Waals surface area contributed by atoms with Gasteiger partial charge in [-0.3, -0.25) is 0 Å². The Morgan fingerprint density at radius 2 is 2.08 bits per heavy atom. The second-order valence-corrected chi connectivity index (χ2v) is 3.28. The number of carbonyl (C=O) groups excluding carboxylic acids is 2. The predicted octanol–water partition coefficient (Wildman–Crippen LogP) is -1.36. The van der Waals surface area contributed by atoms with Gasteiger partial charge in [0.1, 0.15) is 6.10 Å². The van der Waals surface area contributed by atoms with Gasteiger partial charge in [0, 0.05) is 4.79 Å². The highest BCUT2D eigenvalue weighted by Crippen LogP contribution is 2.41. The molecule has 0 spiro atoms. The van der Waals surface area contributed by atoms with E-state index >= 15 is 0 Å². The van der Waals surface area contributed by atoms with Crippen molar-refractivity contribution in [1.29, 1.82) is 0 Å². The standard InChI is InChI=1S/C8H8O4/c9-3-4-5-1-2-6(12-5)7(4)8(10)11/h4-7H,1-2H2/t4?,5-,6+,7?/m0/s1. The van der Waals surface area contributed by atoms with Crippen molar-refractivity contribution in [3.8, 4) is 0 Å². The van der Waals surface area contributed by atoms with Gasteiger partial charge in [-0.2, -0.15) is 0 Å². The molecule has 0 N–H and O–H groups in total. The van der Waals surface area contributed by atoms with Crippen molar-refractivity contribution in [3.05, 3.63) is 0 Å². The second kappa shape index (κ2) is 2.51. The molecule has 12 heavy (non-hydrogen) atoms. The van der Waals surface area contributed by atoms with E-state index in [9.17, 15) is 14.7 Å². The fraction of sp³-hybridized carbons (Fsp3) is 0.750. The number of carbonyl (C=O) groups is 1. The minimum atomic E-state index is -1.18. The van der Waals surface area contributed by atoms with Gasteiger partial charge in [0.15, 0.2) is 0 Å². The first-order chi connectivity index (χ1) is 5.74. The molecule has 2 rings (SSSR count). The van der Waals surface area contributed by atoms with E-state index in [0.717, 1.165) is 12.8 Å². The maximum Gasteiger partial charge on any atom is 0.513 e. The molecule has 64 valence electrons. The fourth-order valence-corrected chi connectivity index (χ4v) is 2.13. The molecule has 2 aliphatic heterocycles. The van der Waals surface area contributed by atoms with Crippen molar-refractivity contribution in [2.45, 2.75) is 25.0 Å². The Labute approximate surface area is 69.5 Å². The van der Waals surface area contributed by atoms with Crippen LogP contribution in [0.4, 0.5) is 0 Å². The molecule has 4 heteroatoms. The molecule has 2 saturated heterocycles. The number of ether oxygens (including phenoxy) is 1. The second-order valence-electron chi connectivity index (χ2n) is 3.28. The van der Waals surface area contributed by atoms with Crippen LogP contribution in [0.15, 0.2) is 0 Å². The van der Waals surface area contributed by atoms with Crippen LogP contribution in [-0.4, -0.2) is 24.5 Å². The molecular weight excluding hydrogens is 160 g/mol. The molecule has 2 fully saturated rings. The van der Waals surface area contributed by atoms with Gasteiger partial charge in [0.05, 0.1) is 18.0 Å². The van der Waals surface area contributed by atoms with Crippen LogP contribution >= 0.6 is 0 Å². The van der Waals surface area contributed by atoms with Crippen LogP contribution in [0.3, 0.4) is 0 Å². The van der Waals surface area contributed by atoms with Gasteiger partial charge in [-0.1, -0.05) is 0 Å². The summed E-state index contributed by atoms with van der Waals surface area (Å²) in [5.41, 5.74) is 0. The van der Waals surface area contributed by atoms with Gasteiger partial charge in [0.2, 0.25) is 0 Å². The molecule has 2 bridgehead atoms. The summed E-state index contributed by atoms with van der Waals surface area (Å²) in [7, 11) is 0. The zero-order valence-corrected chi connectivity index (χ0v) is 6.36. The number of fused-ring (bicyclic) bond motifs is 2. The molecular formula is C8H8O4. The summed E-state index contributed by atoms with van der Waals surface area (Å²) >= 11 is 0. The summed E-state index contributed by atoms with van der Waals surface area (Å²) in [6, 6.07) is 0. The number of aliphatic carboxylic acids is 1. The van der Waals surface area contributed by atoms with Crippen molar-refractivity contribution < 1.29 is 19.4 Å². The topological polar surface area (TPSA) is 66.4 Å². The number of carboxylic acid groups (broad SMARTS) is 1. The molecule has 4 atom stereocenters. The van der Waals surface area contributed by atoms with Crippen molar-refractivity contribution in [1.82, 2.24) is 0 Å². The highest BCUT2D eigenvalue weighted by Gasteiger charge is 2.57. The quantitative estimate of drug-likeness (QED) is 0.477. The smallest absolute Gasteiger partial charge is 0.513 e. The van der Waals surface area contributed by atoms with E-state index < -0.39 is 17.8 Å². The van der Waals surface area contributed by atoms with Crippen LogP contribution in [0, 0.1) is 11.8 Å². The van der Waals surface area contributed by atoms with Crippen molar-refractivity contribution in [3.63, 3.8) is 0 Å². The lowest BCUT2D eigenvalue weighted by atomic mass is 9.80. The average molecular weight is 168 g/mol. The van der Waals surface area contributed by atoms with Crippen LogP contribution in [0.5, 0.6) is 0 Å². The van der Waals surface area contributed by atoms with E-state index in [-0.39, 0.29) is 12.2 Å². The summed E-state index contributed by atoms with van der Waals surface area (Å²) in [5.74, 6) is -2.55. The summed E-state index contributed by atoms with van der Waals surface area (Å²) in [6.45, 7) is 0. The van der Waals surface area contributed by atoms with E-state index in [4.69, 9.17) is 4.74 Å². The minimum Gasteiger partial charge on any atom is -0.550 e. The van der Waals surface area contributed by atoms with Crippen LogP contribution in [0.2, 0.25) is 0 Å². The van der Waals surface area contributed by atoms with Gasteiger partial charge in [-0.05, 0) is 12.8 Å². The molecule has 0 aliphatic carbocycles. The summed E-state index contributed by atoms with van der Waals surface area (Å²) in [6.07, 6.45) is 2.69. The first-order valence-corrected chi connectivity index (χ1v) is 3.98. The van der Waals surface area contributed by atoms with Gasteiger partial charge in [-0.25, -0.2) is 0 Å². The third kappa shape index (κ3) is 0.854. The molecule has 4 nitrogen and oxygen atoms in total. The molecule has 0 aromatic heterocycles. The largest absolute Gasteiger partial charge is 0.550 e. The summed E-state index contributed by atoms with van der Waals surface area (Å²) in [5, 5.41) is 10.6. The van der Waals surface area contributed by atoms with Crippen LogP contribution in [-0.2, 0) is 14.3 Å². The maximum absolute atomic E-state index is 10.6. The maximum atomic E-state index is 10.6. The van der Waals surface area contributed by atoms with Crippen molar-refractivity contribution in [2.75, 3.05) is 0 Å². The zero-order chi connectivity index (χ0) is 8.72. The van der Waals surface area contributed by atoms with Gasteiger partial charge < -0.3 is 14.6 Å². The van der Waals surface area contributed by atoms with Gasteiger partial charge in [0.25, 0.3) is 5.92 Å². The third-order valence-electron chi connectivity index (χ3n) is 2.68. The lowest BCUT2D eigenvalue weighted by Gasteiger charge is -2.18. The van der Waals surface area contributed by atoms with E-state index in [1.807, 2.05) is 0 Å². The first kappa shape index (κ1) is 7.65. The molecule has 0 aromatic rings. The number of carboxylic acids is 1. The third-order valence-corrected chi connectivity index (χ3v) is 2.68. The predicted molar refractivity (Wildman–Crippen MR) is 35.6 cm³/mol. The highest BCUT2D eigenvalue weighted by atomic mass is 16.5. The van der Waals surface area contributed by atoms with Crippen molar-refractivity contribution >= 4 is 12.3 Å². The Morgan fingerprint density at radius 1 is 1.42 bits per heavy atom. The Morgan fingerprint density at radius 3 is 2.58 bits per heavy atom. The lowest BCUT2D eigenvalue weighted by molar-refractivity contribution is -0.313. The van der Waals surface area contributed by atoms with Crippen LogP contribution in [0.25, 0.3) is 0 Å². The normalized spacial score (nSPS) is 44.3. The molecule has 2 heterocycles. The summed E-state index contributed by atoms with van der Waals surface area (Å²) < 4.78 is 5.27. The first-order valence-electron chi connectivity index (χ1n) is 3.98. The van der Waals surface area contributed by atoms with E-state index in [1.54, 1.807) is 6.29 Å². The van der Waals surface area contributed by atoms with Gasteiger partial charge in [-0.15, -0.1) is 0 Å². The van der Waals surface area contributed by atoms with E-state index in [2.05, 4.69) is 0 Å². The Hall–Kier alpha value is -0.990. The Bertz CT molecular complexity index is 225. The molecule has 2 aliphatic rings. The number of hydrogen-bond acceptors (Lipinski definition) is 4. The fourth-order valence-electron chi connectivity index (χ4n) is 2.13. The van der Waals surface area contributed by atoms with Crippen LogP contribution < -0.4 is 5.11 Å². The molecule has 0 saturated carbocycles. The number of rotatable bonds is 2. The van der Waals surface area contributed by atoms with E-state index in [0.29, 0.717) is 0 Å². The van der Waals surface area contributed by atoms with E-state index in [1.165, 1.54) is 0 Å². The monoisotopic (exact) mass is 168 g/mol. The number of hydrogen-bond donors (Lipinski definition) is 0. The highest BCUT2D eigenvalue weighted by molar-refractivity contribution is 5.75. The molecule has 2 unspecified atom stereocenters. The SMILES string of the molecule is O=[C+]C1C(C(=O)[O-])[C@H]2CC[C@@H]1O2. The Kier molecular flexibility index (Phi) is 1.60. The molecule has 0 radical (unpaired) electrons. The lowest BCUT2D eigenvalue weighted by Crippen LogP contribution is -2.42. The Balaban J connectivity index is 2.21. The van der Waals surface area contributed by atoms with Gasteiger partial charge >= 0.3 is 6.29 Å². The molecule has 0 aromatic carbocycles. The zero-order valence-electron chi connectivity index (χ0n) is 6.36. The summed E-state index contributed by atoms with van der Waals surface area (Å²) in [4.78, 5) is 21.0.